The largest absolute Gasteiger partial charge is 0.496 e. The van der Waals surface area contributed by atoms with Gasteiger partial charge < -0.3 is 19.5 Å². The molecule has 90 valence electrons. The van der Waals surface area contributed by atoms with Crippen LogP contribution in [0, 0.1) is 0 Å². The molecule has 17 heavy (non-hydrogen) atoms. The van der Waals surface area contributed by atoms with Gasteiger partial charge in [-0.05, 0) is 12.1 Å². The van der Waals surface area contributed by atoms with E-state index in [9.17, 15) is 9.90 Å². The summed E-state index contributed by atoms with van der Waals surface area (Å²) >= 11 is 0. The van der Waals surface area contributed by atoms with Crippen molar-refractivity contribution in [2.45, 2.75) is 6.10 Å². The van der Waals surface area contributed by atoms with Gasteiger partial charge in [0, 0.05) is 24.2 Å². The summed E-state index contributed by atoms with van der Waals surface area (Å²) in [5.41, 5.74) is 1.16. The third kappa shape index (κ3) is 1.74. The molecule has 0 aliphatic rings. The van der Waals surface area contributed by atoms with E-state index in [4.69, 9.17) is 9.84 Å². The normalized spacial score (nSPS) is 12.6. The zero-order valence-electron chi connectivity index (χ0n) is 9.54. The average molecular weight is 235 g/mol. The number of carboxylic acid groups (broad SMARTS) is 1. The second-order valence-corrected chi connectivity index (χ2v) is 3.79. The van der Waals surface area contributed by atoms with Crippen molar-refractivity contribution in [2.24, 2.45) is 7.05 Å². The van der Waals surface area contributed by atoms with Gasteiger partial charge >= 0.3 is 5.97 Å². The fourth-order valence-corrected chi connectivity index (χ4v) is 1.96. The lowest BCUT2D eigenvalue weighted by atomic mass is 10.1. The van der Waals surface area contributed by atoms with Crippen LogP contribution in [0.5, 0.6) is 5.75 Å². The number of hydrogen-bond acceptors (Lipinski definition) is 3. The van der Waals surface area contributed by atoms with Gasteiger partial charge in [-0.2, -0.15) is 0 Å². The van der Waals surface area contributed by atoms with Crippen molar-refractivity contribution < 1.29 is 19.7 Å². The zero-order chi connectivity index (χ0) is 12.6. The molecule has 0 radical (unpaired) electrons. The van der Waals surface area contributed by atoms with E-state index in [1.165, 1.54) is 7.11 Å². The fourth-order valence-electron chi connectivity index (χ4n) is 1.96. The zero-order valence-corrected chi connectivity index (χ0v) is 9.54. The number of aliphatic carboxylic acids is 1. The minimum Gasteiger partial charge on any atom is -0.496 e. The van der Waals surface area contributed by atoms with Crippen LogP contribution in [0.3, 0.4) is 0 Å². The molecule has 5 heteroatoms. The Balaban J connectivity index is 2.75. The van der Waals surface area contributed by atoms with Gasteiger partial charge in [-0.3, -0.25) is 0 Å². The number of fused-ring (bicyclic) bond motifs is 1. The first-order chi connectivity index (χ1) is 8.06. The topological polar surface area (TPSA) is 71.7 Å². The summed E-state index contributed by atoms with van der Waals surface area (Å²) in [5, 5.41) is 19.2. The first kappa shape index (κ1) is 11.5. The average Bonchev–Trinajstić information content (AvgIpc) is 2.66. The van der Waals surface area contributed by atoms with Crippen molar-refractivity contribution in [1.29, 1.82) is 0 Å². The summed E-state index contributed by atoms with van der Waals surface area (Å²) in [6, 6.07) is 5.40. The van der Waals surface area contributed by atoms with Crippen molar-refractivity contribution in [3.8, 4) is 5.75 Å². The minimum absolute atomic E-state index is 0.340. The van der Waals surface area contributed by atoms with Gasteiger partial charge in [0.05, 0.1) is 12.6 Å². The number of aryl methyl sites for hydroxylation is 1. The Bertz CT molecular complexity index is 573. The molecule has 0 fully saturated rings. The second kappa shape index (κ2) is 4.10. The van der Waals surface area contributed by atoms with E-state index in [0.717, 1.165) is 5.52 Å². The van der Waals surface area contributed by atoms with Crippen LogP contribution in [0.2, 0.25) is 0 Å². The molecule has 1 heterocycles. The molecule has 0 amide bonds. The van der Waals surface area contributed by atoms with Crippen molar-refractivity contribution in [2.75, 3.05) is 7.11 Å². The van der Waals surface area contributed by atoms with E-state index in [2.05, 4.69) is 0 Å². The number of carboxylic acids is 1. The van der Waals surface area contributed by atoms with Gasteiger partial charge in [0.2, 0.25) is 0 Å². The number of aliphatic hydroxyl groups is 1. The van der Waals surface area contributed by atoms with Crippen LogP contribution in [0.1, 0.15) is 11.7 Å². The Morgan fingerprint density at radius 2 is 2.18 bits per heavy atom. The van der Waals surface area contributed by atoms with Gasteiger partial charge in [0.1, 0.15) is 5.75 Å². The molecule has 0 aliphatic carbocycles. The first-order valence-electron chi connectivity index (χ1n) is 5.09. The molecule has 0 bridgehead atoms. The van der Waals surface area contributed by atoms with E-state index >= 15 is 0 Å². The van der Waals surface area contributed by atoms with E-state index in [-0.39, 0.29) is 0 Å². The standard InChI is InChI=1S/C12H13NO4/c1-13-6-7(11(14)12(15)16)10-8(13)4-3-5-9(10)17-2/h3-6,11,14H,1-2H3,(H,15,16). The smallest absolute Gasteiger partial charge is 0.337 e. The maximum Gasteiger partial charge on any atom is 0.337 e. The highest BCUT2D eigenvalue weighted by molar-refractivity contribution is 5.93. The lowest BCUT2D eigenvalue weighted by Gasteiger charge is -2.07. The van der Waals surface area contributed by atoms with Crippen LogP contribution in [0.15, 0.2) is 24.4 Å². The number of rotatable bonds is 3. The molecule has 5 nitrogen and oxygen atoms in total. The molecule has 2 aromatic rings. The number of hydrogen-bond donors (Lipinski definition) is 2. The molecule has 2 N–H and O–H groups in total. The SMILES string of the molecule is COc1cccc2c1c(C(O)C(=O)O)cn2C. The van der Waals surface area contributed by atoms with Crippen LogP contribution in [0.4, 0.5) is 0 Å². The van der Waals surface area contributed by atoms with Crippen LogP contribution < -0.4 is 4.74 Å². The Hall–Kier alpha value is -2.01. The lowest BCUT2D eigenvalue weighted by Crippen LogP contribution is -2.10. The van der Waals surface area contributed by atoms with Crippen LogP contribution in [0.25, 0.3) is 10.9 Å². The van der Waals surface area contributed by atoms with Gasteiger partial charge in [-0.25, -0.2) is 4.79 Å². The number of nitrogens with zero attached hydrogens (tertiary/aromatic N) is 1. The molecule has 0 spiro atoms. The van der Waals surface area contributed by atoms with E-state index < -0.39 is 12.1 Å². The highest BCUT2D eigenvalue weighted by atomic mass is 16.5. The molecule has 1 unspecified atom stereocenters. The number of ether oxygens (including phenoxy) is 1. The number of methoxy groups -OCH3 is 1. The number of aromatic nitrogens is 1. The Morgan fingerprint density at radius 1 is 1.47 bits per heavy atom. The fraction of sp³-hybridized carbons (Fsp3) is 0.250. The maximum atomic E-state index is 10.9. The maximum absolute atomic E-state index is 10.9. The minimum atomic E-state index is -1.55. The van der Waals surface area contributed by atoms with Crippen LogP contribution in [-0.4, -0.2) is 27.9 Å². The molecule has 1 aromatic heterocycles. The predicted molar refractivity (Wildman–Crippen MR) is 62.1 cm³/mol. The summed E-state index contributed by atoms with van der Waals surface area (Å²) in [5.74, 6) is -0.721. The van der Waals surface area contributed by atoms with Gasteiger partial charge in [-0.1, -0.05) is 6.07 Å². The van der Waals surface area contributed by atoms with E-state index in [0.29, 0.717) is 16.7 Å². The van der Waals surface area contributed by atoms with E-state index in [1.807, 2.05) is 12.1 Å². The molecule has 2 rings (SSSR count). The summed E-state index contributed by atoms with van der Waals surface area (Å²) in [7, 11) is 3.30. The Kier molecular flexibility index (Phi) is 2.77. The molecule has 0 saturated carbocycles. The summed E-state index contributed by atoms with van der Waals surface area (Å²) in [4.78, 5) is 10.9. The molecule has 0 saturated heterocycles. The van der Waals surface area contributed by atoms with Crippen molar-refractivity contribution in [3.05, 3.63) is 30.0 Å². The third-order valence-corrected chi connectivity index (χ3v) is 2.75. The number of benzene rings is 1. The first-order valence-corrected chi connectivity index (χ1v) is 5.09. The monoisotopic (exact) mass is 235 g/mol. The summed E-state index contributed by atoms with van der Waals surface area (Å²) in [6.45, 7) is 0. The second-order valence-electron chi connectivity index (χ2n) is 3.79. The molecule has 1 aromatic carbocycles. The highest BCUT2D eigenvalue weighted by Crippen LogP contribution is 2.33. The van der Waals surface area contributed by atoms with Crippen LogP contribution >= 0.6 is 0 Å². The summed E-state index contributed by atoms with van der Waals surface area (Å²) in [6.07, 6.45) is 0.0569. The van der Waals surface area contributed by atoms with Crippen LogP contribution in [-0.2, 0) is 11.8 Å². The number of carbonyl (C=O) groups is 1. The van der Waals surface area contributed by atoms with Gasteiger partial charge in [-0.15, -0.1) is 0 Å². The molecular formula is C12H13NO4. The number of aliphatic hydroxyl groups excluding tert-OH is 1. The predicted octanol–water partition coefficient (Wildman–Crippen LogP) is 1.30. The van der Waals surface area contributed by atoms with Crippen molar-refractivity contribution >= 4 is 16.9 Å². The van der Waals surface area contributed by atoms with Crippen molar-refractivity contribution in [3.63, 3.8) is 0 Å². The van der Waals surface area contributed by atoms with Crippen molar-refractivity contribution in [1.82, 2.24) is 4.57 Å². The molecule has 0 aliphatic heterocycles. The Morgan fingerprint density at radius 3 is 2.76 bits per heavy atom. The van der Waals surface area contributed by atoms with E-state index in [1.54, 1.807) is 23.9 Å². The molecular weight excluding hydrogens is 222 g/mol. The van der Waals surface area contributed by atoms with Gasteiger partial charge in [0.25, 0.3) is 0 Å². The quantitative estimate of drug-likeness (QED) is 0.841. The summed E-state index contributed by atoms with van der Waals surface area (Å²) < 4.78 is 6.96. The molecule has 1 atom stereocenters. The Labute approximate surface area is 97.9 Å². The van der Waals surface area contributed by atoms with Gasteiger partial charge in [0.15, 0.2) is 6.10 Å². The lowest BCUT2D eigenvalue weighted by molar-refractivity contribution is -0.146. The highest BCUT2D eigenvalue weighted by Gasteiger charge is 2.22. The third-order valence-electron chi connectivity index (χ3n) is 2.75.